The number of imidazole rings is 1. The number of nitrogens with one attached hydrogen (secondary N) is 2. The third-order valence-electron chi connectivity index (χ3n) is 5.68. The Morgan fingerprint density at radius 3 is 2.50 bits per heavy atom. The molecule has 2 aromatic heterocycles. The lowest BCUT2D eigenvalue weighted by molar-refractivity contribution is -0.0423. The monoisotopic (exact) mass is 679 g/mol. The van der Waals surface area contributed by atoms with Crippen molar-refractivity contribution in [3.05, 3.63) is 52.9 Å². The van der Waals surface area contributed by atoms with Crippen molar-refractivity contribution >= 4 is 52.0 Å². The predicted octanol–water partition coefficient (Wildman–Crippen LogP) is 1.60. The van der Waals surface area contributed by atoms with E-state index >= 15 is 0 Å². The van der Waals surface area contributed by atoms with Crippen molar-refractivity contribution in [3.8, 4) is 0 Å². The highest BCUT2D eigenvalue weighted by Crippen LogP contribution is 2.66. The quantitative estimate of drug-likeness (QED) is 0.0418. The Morgan fingerprint density at radius 1 is 1.09 bits per heavy atom. The van der Waals surface area contributed by atoms with E-state index in [0.717, 1.165) is 0 Å². The summed E-state index contributed by atoms with van der Waals surface area (Å²) in [6, 6.07) is 6.04. The van der Waals surface area contributed by atoms with E-state index in [9.17, 15) is 33.4 Å². The number of nitrogens with zero attached hydrogens (tertiary/aromatic N) is 7. The maximum Gasteiger partial charge on any atom is 0.490 e. The van der Waals surface area contributed by atoms with Gasteiger partial charge in [0.15, 0.2) is 17.0 Å². The maximum absolute atomic E-state index is 12.3. The number of ether oxygens (including phenoxy) is 1. The molecular weight excluding hydrogens is 655 g/mol. The molecule has 3 aromatic rings. The molecular formula is C19H24N9O13P3. The van der Waals surface area contributed by atoms with E-state index in [1.165, 1.54) is 41.5 Å². The van der Waals surface area contributed by atoms with Crippen LogP contribution in [0.5, 0.6) is 0 Å². The minimum atomic E-state index is -5.70. The highest BCUT2D eigenvalue weighted by Gasteiger charge is 2.43. The first-order chi connectivity index (χ1) is 20.7. The molecule has 7 N–H and O–H groups in total. The second kappa shape index (κ2) is 13.8. The molecule has 0 aliphatic carbocycles. The van der Waals surface area contributed by atoms with Crippen molar-refractivity contribution in [1.29, 1.82) is 0 Å². The number of carbonyl (C=O) groups excluding carboxylic acids is 1. The number of aliphatic hydroxyl groups excluding tert-OH is 1. The van der Waals surface area contributed by atoms with Gasteiger partial charge in [-0.1, -0.05) is 17.2 Å². The van der Waals surface area contributed by atoms with Crippen LogP contribution in [0.15, 0.2) is 42.0 Å². The fourth-order valence-corrected chi connectivity index (χ4v) is 6.92. The summed E-state index contributed by atoms with van der Waals surface area (Å²) in [5, 5.41) is 19.6. The number of amides is 1. The van der Waals surface area contributed by atoms with Crippen LogP contribution >= 0.6 is 23.5 Å². The Hall–Kier alpha value is -3.32. The molecule has 0 radical (unpaired) electrons. The molecule has 22 nitrogen and oxygen atoms in total. The maximum atomic E-state index is 12.3. The largest absolute Gasteiger partial charge is 0.490 e. The summed E-state index contributed by atoms with van der Waals surface area (Å²) in [5.74, 6) is -0.0275. The fourth-order valence-electron chi connectivity index (χ4n) is 3.89. The highest BCUT2D eigenvalue weighted by atomic mass is 31.3. The zero-order chi connectivity index (χ0) is 32.1. The van der Waals surface area contributed by atoms with Gasteiger partial charge in [-0.3, -0.25) is 13.9 Å². The molecule has 4 rings (SSSR count). The number of aromatic nitrogens is 4. The van der Waals surface area contributed by atoms with Gasteiger partial charge < -0.3 is 40.1 Å². The van der Waals surface area contributed by atoms with Gasteiger partial charge in [0, 0.05) is 35.7 Å². The lowest BCUT2D eigenvalue weighted by atomic mass is 10.2. The Bertz CT molecular complexity index is 1690. The van der Waals surface area contributed by atoms with Crippen molar-refractivity contribution < 1.29 is 61.1 Å². The predicted molar refractivity (Wildman–Crippen MR) is 146 cm³/mol. The van der Waals surface area contributed by atoms with E-state index in [1.54, 1.807) is 0 Å². The lowest BCUT2D eigenvalue weighted by Crippen LogP contribution is -2.28. The van der Waals surface area contributed by atoms with Gasteiger partial charge in [0.25, 0.3) is 5.91 Å². The summed E-state index contributed by atoms with van der Waals surface area (Å²) < 4.78 is 53.2. The van der Waals surface area contributed by atoms with Gasteiger partial charge in [-0.2, -0.15) is 8.62 Å². The van der Waals surface area contributed by atoms with Crippen LogP contribution in [0.4, 0.5) is 11.5 Å². The number of carbonyl (C=O) groups is 1. The van der Waals surface area contributed by atoms with E-state index < -0.39 is 48.5 Å². The lowest BCUT2D eigenvalue weighted by Gasteiger charge is -2.19. The van der Waals surface area contributed by atoms with Crippen LogP contribution in [0.3, 0.4) is 0 Å². The van der Waals surface area contributed by atoms with Gasteiger partial charge in [0.1, 0.15) is 18.7 Å². The summed E-state index contributed by atoms with van der Waals surface area (Å²) in [5.41, 5.74) is 9.80. The Balaban J connectivity index is 1.32. The normalized spacial score (nSPS) is 21.2. The van der Waals surface area contributed by atoms with E-state index in [0.29, 0.717) is 22.6 Å². The summed E-state index contributed by atoms with van der Waals surface area (Å²) >= 11 is 0. The van der Waals surface area contributed by atoms with Gasteiger partial charge in [-0.25, -0.2) is 28.6 Å². The van der Waals surface area contributed by atoms with E-state index in [-0.39, 0.29) is 31.1 Å². The number of fused-ring (bicyclic) bond motifs is 1. The summed E-state index contributed by atoms with van der Waals surface area (Å²) in [7, 11) is -16.7. The van der Waals surface area contributed by atoms with Crippen molar-refractivity contribution in [2.45, 2.75) is 24.9 Å². The van der Waals surface area contributed by atoms with Gasteiger partial charge in [0.2, 0.25) is 0 Å². The van der Waals surface area contributed by atoms with Crippen molar-refractivity contribution in [1.82, 2.24) is 24.8 Å². The van der Waals surface area contributed by atoms with Gasteiger partial charge in [-0.05, 0) is 17.7 Å². The Morgan fingerprint density at radius 2 is 1.82 bits per heavy atom. The number of hydrogen-bond acceptors (Lipinski definition) is 14. The number of phosphoric acid groups is 3. The second-order valence-corrected chi connectivity index (χ2v) is 13.2. The van der Waals surface area contributed by atoms with Crippen LogP contribution in [-0.4, -0.2) is 82.0 Å². The minimum Gasteiger partial charge on any atom is -0.390 e. The van der Waals surface area contributed by atoms with E-state index in [1.807, 2.05) is 0 Å². The van der Waals surface area contributed by atoms with Crippen molar-refractivity contribution in [2.24, 2.45) is 5.11 Å². The van der Waals surface area contributed by atoms with Gasteiger partial charge in [0.05, 0.1) is 19.0 Å². The molecule has 1 amide bonds. The molecule has 2 unspecified atom stereocenters. The van der Waals surface area contributed by atoms with Gasteiger partial charge in [-0.15, -0.1) is 0 Å². The van der Waals surface area contributed by atoms with E-state index in [4.69, 9.17) is 20.1 Å². The van der Waals surface area contributed by atoms with Crippen LogP contribution in [0.1, 0.15) is 23.0 Å². The number of aliphatic hydroxyl groups is 1. The molecule has 238 valence electrons. The standard InChI is InChI=1S/C19H24N9O13P3/c20-27-26-12-3-1-11(2-4-12)19(30)22-6-5-21-17-16-18(24-9-23-17)28(10-25-16)15-7-13(29)14(39-15)8-38-43(34,35)41-44(36,37)40-42(31,32)33/h1-4,9-10,13-15,29H,5-8H2,(H,22,30)(H,34,35)(H,36,37)(H,21,23,24)(H2,31,32,33)/t13-,14+,15+/m0/s1. The number of benzene rings is 1. The Kier molecular flexibility index (Phi) is 10.5. The topological polar surface area (TPSA) is 323 Å². The molecule has 1 aliphatic heterocycles. The summed E-state index contributed by atoms with van der Waals surface area (Å²) in [6.45, 7) is -0.374. The molecule has 0 spiro atoms. The van der Waals surface area contributed by atoms with Crippen molar-refractivity contribution in [3.63, 3.8) is 0 Å². The first kappa shape index (κ1) is 33.6. The molecule has 3 heterocycles. The van der Waals surface area contributed by atoms with Crippen LogP contribution < -0.4 is 10.6 Å². The third-order valence-corrected chi connectivity index (χ3v) is 9.49. The van der Waals surface area contributed by atoms with Crippen LogP contribution in [0, 0.1) is 0 Å². The number of azide groups is 1. The molecule has 1 fully saturated rings. The molecule has 1 saturated heterocycles. The molecule has 1 aromatic carbocycles. The van der Waals surface area contributed by atoms with Crippen LogP contribution in [0.2, 0.25) is 0 Å². The number of anilines is 1. The van der Waals surface area contributed by atoms with Crippen LogP contribution in [0.25, 0.3) is 21.6 Å². The molecule has 25 heteroatoms. The number of phosphoric ester groups is 1. The zero-order valence-corrected chi connectivity index (χ0v) is 24.7. The highest BCUT2D eigenvalue weighted by molar-refractivity contribution is 7.66. The number of rotatable bonds is 14. The average Bonchev–Trinajstić information content (AvgIpc) is 3.52. The Labute approximate surface area is 246 Å². The summed E-state index contributed by atoms with van der Waals surface area (Å²) in [4.78, 5) is 63.7. The van der Waals surface area contributed by atoms with Gasteiger partial charge >= 0.3 is 23.5 Å². The smallest absolute Gasteiger partial charge is 0.390 e. The average molecular weight is 679 g/mol. The SMILES string of the molecule is [N-]=[N+]=Nc1ccc(C(=O)NCCNc2ncnc3c2ncn3[C@H]2C[C@H](O)[C@@H](COP(=O)(O)OP(=O)(O)OP(=O)(O)O)O2)cc1. The fraction of sp³-hybridized carbons (Fsp3) is 0.368. The first-order valence-corrected chi connectivity index (χ1v) is 16.6. The molecule has 5 atom stereocenters. The minimum absolute atomic E-state index is 0.0570. The zero-order valence-electron chi connectivity index (χ0n) is 22.0. The van der Waals surface area contributed by atoms with Crippen LogP contribution in [-0.2, 0) is 31.6 Å². The number of hydrogen-bond donors (Lipinski definition) is 7. The summed E-state index contributed by atoms with van der Waals surface area (Å²) in [6.07, 6.45) is -0.863. The second-order valence-electron chi connectivity index (χ2n) is 8.78. The first-order valence-electron chi connectivity index (χ1n) is 12.1. The molecule has 0 bridgehead atoms. The molecule has 1 aliphatic rings. The van der Waals surface area contributed by atoms with Crippen molar-refractivity contribution in [2.75, 3.05) is 25.0 Å². The van der Waals surface area contributed by atoms with E-state index in [2.05, 4.69) is 48.8 Å². The third kappa shape index (κ3) is 9.10. The molecule has 0 saturated carbocycles. The molecule has 44 heavy (non-hydrogen) atoms.